The summed E-state index contributed by atoms with van der Waals surface area (Å²) in [6, 6.07) is 8.90. The van der Waals surface area contributed by atoms with Crippen molar-refractivity contribution in [3.8, 4) is 0 Å². The van der Waals surface area contributed by atoms with Crippen LogP contribution in [0, 0.1) is 0 Å². The molecule has 2 nitrogen and oxygen atoms in total. The van der Waals surface area contributed by atoms with Crippen LogP contribution in [0.1, 0.15) is 38.8 Å². The lowest BCUT2D eigenvalue weighted by Gasteiger charge is -2.31. The number of hydrogen-bond donors (Lipinski definition) is 1. The van der Waals surface area contributed by atoms with Gasteiger partial charge in [-0.15, -0.1) is 0 Å². The molecule has 0 fully saturated rings. The summed E-state index contributed by atoms with van der Waals surface area (Å²) >= 11 is 0. The van der Waals surface area contributed by atoms with E-state index in [9.17, 15) is 4.21 Å². The van der Waals surface area contributed by atoms with Crippen LogP contribution in [0.3, 0.4) is 0 Å². The van der Waals surface area contributed by atoms with Gasteiger partial charge in [0, 0.05) is 22.2 Å². The van der Waals surface area contributed by atoms with Crippen molar-refractivity contribution < 1.29 is 4.21 Å². The van der Waals surface area contributed by atoms with Crippen LogP contribution in [0.2, 0.25) is 0 Å². The van der Waals surface area contributed by atoms with Gasteiger partial charge in [-0.25, -0.2) is 0 Å². The Kier molecular flexibility index (Phi) is 3.45. The smallest absolute Gasteiger partial charge is 0.0562 e. The van der Waals surface area contributed by atoms with E-state index in [1.54, 1.807) is 0 Å². The predicted octanol–water partition coefficient (Wildman–Crippen LogP) is 2.63. The minimum absolute atomic E-state index is 0.242. The Labute approximate surface area is 99.9 Å². The minimum Gasteiger partial charge on any atom is -0.308 e. The fraction of sp³-hybridized carbons (Fsp3) is 0.538. The zero-order chi connectivity index (χ0) is 11.7. The van der Waals surface area contributed by atoms with E-state index >= 15 is 0 Å². The van der Waals surface area contributed by atoms with Gasteiger partial charge in [-0.1, -0.05) is 39.0 Å². The van der Waals surface area contributed by atoms with Crippen molar-refractivity contribution >= 4 is 10.8 Å². The Morgan fingerprint density at radius 2 is 2.06 bits per heavy atom. The van der Waals surface area contributed by atoms with Gasteiger partial charge < -0.3 is 5.32 Å². The number of rotatable bonds is 2. The first kappa shape index (κ1) is 11.8. The molecule has 3 heteroatoms. The zero-order valence-electron chi connectivity index (χ0n) is 10.1. The fourth-order valence-electron chi connectivity index (χ4n) is 2.27. The van der Waals surface area contributed by atoms with Crippen LogP contribution in [0.5, 0.6) is 0 Å². The van der Waals surface area contributed by atoms with Crippen LogP contribution in [0.4, 0.5) is 0 Å². The van der Waals surface area contributed by atoms with Gasteiger partial charge in [0.15, 0.2) is 0 Å². The molecule has 0 amide bonds. The van der Waals surface area contributed by atoms with Gasteiger partial charge in [0.05, 0.1) is 10.8 Å². The molecule has 0 saturated heterocycles. The summed E-state index contributed by atoms with van der Waals surface area (Å²) in [6.45, 7) is 6.37. The van der Waals surface area contributed by atoms with Crippen molar-refractivity contribution in [3.05, 3.63) is 29.8 Å². The summed E-state index contributed by atoms with van der Waals surface area (Å²) in [6.07, 6.45) is 0.960. The van der Waals surface area contributed by atoms with Gasteiger partial charge >= 0.3 is 0 Å². The molecule has 1 aromatic rings. The normalized spacial score (nSPS) is 29.1. The van der Waals surface area contributed by atoms with E-state index in [0.29, 0.717) is 12.1 Å². The summed E-state index contributed by atoms with van der Waals surface area (Å²) in [5.41, 5.74) is 1.22. The van der Waals surface area contributed by atoms with Crippen molar-refractivity contribution in [2.45, 2.75) is 49.4 Å². The molecule has 0 aromatic heterocycles. The van der Waals surface area contributed by atoms with Crippen LogP contribution >= 0.6 is 0 Å². The Morgan fingerprint density at radius 1 is 1.38 bits per heavy atom. The summed E-state index contributed by atoms with van der Waals surface area (Å²) in [5.74, 6) is 0. The Bertz CT molecular complexity index is 403. The second kappa shape index (κ2) is 4.68. The van der Waals surface area contributed by atoms with Crippen LogP contribution in [-0.2, 0) is 10.8 Å². The van der Waals surface area contributed by atoms with Crippen LogP contribution in [0.15, 0.2) is 29.2 Å². The maximum Gasteiger partial charge on any atom is 0.0562 e. The van der Waals surface area contributed by atoms with Crippen molar-refractivity contribution in [3.63, 3.8) is 0 Å². The number of nitrogens with one attached hydrogen (secondary N) is 1. The average Bonchev–Trinajstić information content (AvgIpc) is 2.25. The largest absolute Gasteiger partial charge is 0.308 e. The number of fused-ring (bicyclic) bond motifs is 1. The fourth-order valence-corrected chi connectivity index (χ4v) is 3.73. The summed E-state index contributed by atoms with van der Waals surface area (Å²) in [4.78, 5) is 1.01. The highest BCUT2D eigenvalue weighted by Crippen LogP contribution is 2.33. The van der Waals surface area contributed by atoms with E-state index in [0.717, 1.165) is 11.3 Å². The minimum atomic E-state index is -0.835. The molecule has 0 bridgehead atoms. The molecule has 0 spiro atoms. The molecule has 16 heavy (non-hydrogen) atoms. The van der Waals surface area contributed by atoms with E-state index in [-0.39, 0.29) is 5.25 Å². The molecule has 0 saturated carbocycles. The molecule has 1 aliphatic rings. The molecule has 3 unspecified atom stereocenters. The average molecular weight is 237 g/mol. The lowest BCUT2D eigenvalue weighted by Crippen LogP contribution is -2.35. The quantitative estimate of drug-likeness (QED) is 0.856. The third-order valence-corrected chi connectivity index (χ3v) is 4.71. The second-order valence-corrected chi connectivity index (χ2v) is 6.59. The van der Waals surface area contributed by atoms with Crippen molar-refractivity contribution in [2.75, 3.05) is 0 Å². The third kappa shape index (κ3) is 2.20. The molecule has 2 rings (SSSR count). The maximum absolute atomic E-state index is 12.1. The van der Waals surface area contributed by atoms with Crippen molar-refractivity contribution in [2.24, 2.45) is 0 Å². The first-order valence-corrected chi connectivity index (χ1v) is 7.06. The lowest BCUT2D eigenvalue weighted by molar-refractivity contribution is 0.437. The lowest BCUT2D eigenvalue weighted by atomic mass is 10.0. The van der Waals surface area contributed by atoms with E-state index in [1.807, 2.05) is 18.2 Å². The van der Waals surface area contributed by atoms with Gasteiger partial charge in [0.1, 0.15) is 0 Å². The molecule has 1 N–H and O–H groups in total. The summed E-state index contributed by atoms with van der Waals surface area (Å²) in [5, 5.41) is 3.80. The maximum atomic E-state index is 12.1. The molecular weight excluding hydrogens is 218 g/mol. The highest BCUT2D eigenvalue weighted by molar-refractivity contribution is 7.85. The molecule has 1 aliphatic heterocycles. The first-order chi connectivity index (χ1) is 7.59. The van der Waals surface area contributed by atoms with E-state index in [2.05, 4.69) is 32.2 Å². The molecule has 1 aromatic carbocycles. The van der Waals surface area contributed by atoms with Gasteiger partial charge in [0.25, 0.3) is 0 Å². The van der Waals surface area contributed by atoms with Gasteiger partial charge in [-0.3, -0.25) is 4.21 Å². The van der Waals surface area contributed by atoms with Crippen LogP contribution in [0.25, 0.3) is 0 Å². The Balaban J connectivity index is 2.37. The third-order valence-electron chi connectivity index (χ3n) is 2.98. The molecule has 0 aliphatic carbocycles. The summed E-state index contributed by atoms with van der Waals surface area (Å²) < 4.78 is 12.1. The highest BCUT2D eigenvalue weighted by Gasteiger charge is 2.29. The SMILES string of the molecule is CC(C)NC1CC(C)S(=O)c2ccccc21. The Morgan fingerprint density at radius 3 is 2.75 bits per heavy atom. The number of hydrogen-bond acceptors (Lipinski definition) is 2. The standard InChI is InChI=1S/C13H19NOS/c1-9(2)14-12-8-10(3)16(15)13-7-5-4-6-11(12)13/h4-7,9-10,12,14H,8H2,1-3H3. The molecule has 0 radical (unpaired) electrons. The van der Waals surface area contributed by atoms with E-state index in [4.69, 9.17) is 0 Å². The molecule has 3 atom stereocenters. The summed E-state index contributed by atoms with van der Waals surface area (Å²) in [7, 11) is -0.835. The molecule has 1 heterocycles. The topological polar surface area (TPSA) is 29.1 Å². The Hall–Kier alpha value is -0.670. The van der Waals surface area contributed by atoms with Crippen molar-refractivity contribution in [1.82, 2.24) is 5.32 Å². The van der Waals surface area contributed by atoms with Gasteiger partial charge in [0.2, 0.25) is 0 Å². The number of benzene rings is 1. The van der Waals surface area contributed by atoms with Crippen LogP contribution in [-0.4, -0.2) is 15.5 Å². The zero-order valence-corrected chi connectivity index (χ0v) is 10.9. The highest BCUT2D eigenvalue weighted by atomic mass is 32.2. The predicted molar refractivity (Wildman–Crippen MR) is 67.9 cm³/mol. The van der Waals surface area contributed by atoms with Gasteiger partial charge in [-0.2, -0.15) is 0 Å². The van der Waals surface area contributed by atoms with Crippen molar-refractivity contribution in [1.29, 1.82) is 0 Å². The monoisotopic (exact) mass is 237 g/mol. The van der Waals surface area contributed by atoms with Gasteiger partial charge in [-0.05, 0) is 18.1 Å². The second-order valence-electron chi connectivity index (χ2n) is 4.76. The molecule has 88 valence electrons. The molecular formula is C13H19NOS. The van der Waals surface area contributed by atoms with E-state index < -0.39 is 10.8 Å². The first-order valence-electron chi connectivity index (χ1n) is 5.85. The van der Waals surface area contributed by atoms with Crippen LogP contribution < -0.4 is 5.32 Å². The van der Waals surface area contributed by atoms with E-state index in [1.165, 1.54) is 5.56 Å².